The summed E-state index contributed by atoms with van der Waals surface area (Å²) in [5, 5.41) is 8.93. The van der Waals surface area contributed by atoms with Crippen LogP contribution in [0.15, 0.2) is 170 Å². The fourth-order valence-electron chi connectivity index (χ4n) is 11.1. The molecular weight excluding hydrogens is 1120 g/mol. The zero-order valence-electron chi connectivity index (χ0n) is 48.3. The summed E-state index contributed by atoms with van der Waals surface area (Å²) < 4.78 is 30.8. The van der Waals surface area contributed by atoms with Gasteiger partial charge in [-0.05, 0) is 141 Å². The minimum atomic E-state index is -1.64. The Morgan fingerprint density at radius 3 is 1.79 bits per heavy atom. The van der Waals surface area contributed by atoms with Crippen molar-refractivity contribution in [1.29, 1.82) is 0 Å². The average Bonchev–Trinajstić information content (AvgIpc) is 3.81. The van der Waals surface area contributed by atoms with Gasteiger partial charge in [0.1, 0.15) is 5.82 Å². The zero-order valence-corrected chi connectivity index (χ0v) is 48.5. The molecule has 1 aliphatic heterocycles. The molecule has 3 aromatic heterocycles. The second-order valence-corrected chi connectivity index (χ2v) is 24.8. The number of hydrogen-bond acceptors (Lipinski definition) is 3. The standard InChI is InChI=1S/C71H67N4O.Pt/c1-68(2,3)43-45-35-46(37-48(36-45)70(7,8)9)60-38-49(71(10,11)12)39-61-56-26-16-14-24-54(56)53-23-13-15-25-55(53)59-28-20-30-63-67(59)74(66(60)61)44-73(63)50-21-19-22-51(41-50)76-52-31-32-58-57-27-17-18-29-62(57)75(64(58)42-52)65-40-47(33-34-72-65)69(4,5)6;/h13-40,44H,43H2,1-12H3;/q-3;/i43D2;. The van der Waals surface area contributed by atoms with Crippen LogP contribution in [0.25, 0.3) is 82.1 Å². The van der Waals surface area contributed by atoms with Crippen molar-refractivity contribution >= 4 is 76.5 Å². The molecule has 0 radical (unpaired) electrons. The molecule has 0 bridgehead atoms. The molecule has 0 saturated heterocycles. The van der Waals surface area contributed by atoms with Gasteiger partial charge in [-0.15, -0.1) is 35.7 Å². The topological polar surface area (TPSA) is 35.2 Å². The third kappa shape index (κ3) is 9.45. The van der Waals surface area contributed by atoms with E-state index in [-0.39, 0.29) is 37.3 Å². The molecule has 12 rings (SSSR count). The van der Waals surface area contributed by atoms with Gasteiger partial charge in [0.2, 0.25) is 0 Å². The molecule has 0 atom stereocenters. The summed E-state index contributed by atoms with van der Waals surface area (Å²) in [6.45, 7) is 28.4. The third-order valence-electron chi connectivity index (χ3n) is 14.9. The first kappa shape index (κ1) is 49.3. The van der Waals surface area contributed by atoms with Crippen molar-refractivity contribution in [1.82, 2.24) is 14.1 Å². The largest absolute Gasteiger partial charge is 0.509 e. The van der Waals surface area contributed by atoms with Gasteiger partial charge in [-0.25, -0.2) is 4.98 Å². The van der Waals surface area contributed by atoms with Crippen LogP contribution < -0.4 is 9.64 Å². The van der Waals surface area contributed by atoms with E-state index >= 15 is 0 Å². The van der Waals surface area contributed by atoms with Crippen LogP contribution in [0.2, 0.25) is 0 Å². The van der Waals surface area contributed by atoms with E-state index in [1.165, 1.54) is 11.1 Å². The molecule has 1 aliphatic rings. The Bertz CT molecular complexity index is 4310. The molecule has 0 N–H and O–H groups in total. The van der Waals surface area contributed by atoms with Crippen LogP contribution >= 0.6 is 0 Å². The van der Waals surface area contributed by atoms with E-state index in [1.807, 2.05) is 45.2 Å². The van der Waals surface area contributed by atoms with Gasteiger partial charge in [0.25, 0.3) is 0 Å². The summed E-state index contributed by atoms with van der Waals surface area (Å²) in [6, 6.07) is 65.8. The van der Waals surface area contributed by atoms with Crippen molar-refractivity contribution in [2.45, 2.75) is 106 Å². The molecule has 8 aromatic carbocycles. The normalized spacial score (nSPS) is 13.5. The maximum absolute atomic E-state index is 9.72. The van der Waals surface area contributed by atoms with Crippen LogP contribution in [0, 0.1) is 24.2 Å². The van der Waals surface area contributed by atoms with Gasteiger partial charge < -0.3 is 18.8 Å². The number of rotatable bonds is 6. The first-order valence-corrected chi connectivity index (χ1v) is 26.7. The molecule has 0 fully saturated rings. The van der Waals surface area contributed by atoms with Crippen LogP contribution in [0.4, 0.5) is 11.4 Å². The molecular formula is C71H67N4OPt-3. The number of hydrogen-bond donors (Lipinski definition) is 0. The molecule has 6 heteroatoms. The predicted octanol–water partition coefficient (Wildman–Crippen LogP) is 19.4. The van der Waals surface area contributed by atoms with Gasteiger partial charge in [0, 0.05) is 52.7 Å². The van der Waals surface area contributed by atoms with Crippen molar-refractivity contribution in [2.24, 2.45) is 5.41 Å². The molecule has 77 heavy (non-hydrogen) atoms. The zero-order chi connectivity index (χ0) is 54.8. The second kappa shape index (κ2) is 19.0. The maximum atomic E-state index is 9.72. The molecule has 0 spiro atoms. The average molecular weight is 1190 g/mol. The summed E-state index contributed by atoms with van der Waals surface area (Å²) in [5.41, 5.74) is 10.7. The maximum Gasteiger partial charge on any atom is 0.135 e. The molecule has 5 nitrogen and oxygen atoms in total. The van der Waals surface area contributed by atoms with Crippen LogP contribution in [-0.4, -0.2) is 14.1 Å². The Kier molecular flexibility index (Phi) is 12.1. The Hall–Kier alpha value is -7.33. The molecule has 4 heterocycles. The van der Waals surface area contributed by atoms with Gasteiger partial charge in [-0.3, -0.25) is 0 Å². The van der Waals surface area contributed by atoms with Gasteiger partial charge in [-0.2, -0.15) is 12.1 Å². The van der Waals surface area contributed by atoms with Gasteiger partial charge >= 0.3 is 0 Å². The monoisotopic (exact) mass is 1190 g/mol. The fraction of sp³-hybridized carbons (Fsp3) is 0.239. The Labute approximate surface area is 471 Å². The number of para-hydroxylation sites is 2. The van der Waals surface area contributed by atoms with Gasteiger partial charge in [-0.1, -0.05) is 203 Å². The third-order valence-corrected chi connectivity index (χ3v) is 14.9. The minimum Gasteiger partial charge on any atom is -0.509 e. The fourth-order valence-corrected chi connectivity index (χ4v) is 11.1. The second-order valence-electron chi connectivity index (χ2n) is 24.8. The summed E-state index contributed by atoms with van der Waals surface area (Å²) in [6.07, 6.45) is 0.262. The number of aromatic nitrogens is 3. The summed E-state index contributed by atoms with van der Waals surface area (Å²) >= 11 is 0. The quantitative estimate of drug-likeness (QED) is 0.156. The van der Waals surface area contributed by atoms with E-state index in [0.717, 1.165) is 99.0 Å². The summed E-state index contributed by atoms with van der Waals surface area (Å²) in [4.78, 5) is 7.14. The van der Waals surface area contributed by atoms with E-state index < -0.39 is 11.8 Å². The van der Waals surface area contributed by atoms with E-state index in [4.69, 9.17) is 9.72 Å². The van der Waals surface area contributed by atoms with Gasteiger partial charge in [0.05, 0.1) is 0 Å². The minimum absolute atomic E-state index is 0. The van der Waals surface area contributed by atoms with Gasteiger partial charge in [0.15, 0.2) is 0 Å². The molecule has 11 aromatic rings. The number of benzene rings is 8. The van der Waals surface area contributed by atoms with Crippen molar-refractivity contribution in [3.63, 3.8) is 0 Å². The molecule has 0 amide bonds. The van der Waals surface area contributed by atoms with Crippen LogP contribution in [0.3, 0.4) is 0 Å². The van der Waals surface area contributed by atoms with E-state index in [2.05, 4.69) is 241 Å². The Morgan fingerprint density at radius 1 is 0.519 bits per heavy atom. The van der Waals surface area contributed by atoms with Crippen molar-refractivity contribution < 1.29 is 28.5 Å². The number of nitrogens with zero attached hydrogens (tertiary/aromatic N) is 4. The summed E-state index contributed by atoms with van der Waals surface area (Å²) in [5.74, 6) is 1.96. The van der Waals surface area contributed by atoms with E-state index in [9.17, 15) is 2.74 Å². The summed E-state index contributed by atoms with van der Waals surface area (Å²) in [7, 11) is 0. The van der Waals surface area contributed by atoms with Crippen LogP contribution in [0.5, 0.6) is 11.5 Å². The number of fused-ring (bicyclic) bond motifs is 10. The van der Waals surface area contributed by atoms with Crippen LogP contribution in [0.1, 0.15) is 108 Å². The molecule has 0 saturated carbocycles. The molecule has 390 valence electrons. The SMILES string of the molecule is [2H]C([2H])(c1cc(-c2cc(C(C)(C)C)cc3c4ccccc4c4ccccc4c4cccc5c4n(c23)[CH-]N5c2[c-]c(Oc3[c-]c4c(cc3)c3ccccc3n4-c3cc(C(C)(C)C)ccn3)ccc2)cc(C(C)(C)C)c1)C(C)(C)C.[Pt]. The van der Waals surface area contributed by atoms with Crippen molar-refractivity contribution in [3.05, 3.63) is 211 Å². The van der Waals surface area contributed by atoms with E-state index in [0.29, 0.717) is 17.1 Å². The number of ether oxygens (including phenoxy) is 1. The number of anilines is 2. The first-order valence-electron chi connectivity index (χ1n) is 27.7. The first-order chi connectivity index (χ1) is 37.0. The predicted molar refractivity (Wildman–Crippen MR) is 321 cm³/mol. The smallest absolute Gasteiger partial charge is 0.135 e. The van der Waals surface area contributed by atoms with Crippen LogP contribution in [-0.2, 0) is 43.7 Å². The molecule has 0 aliphatic carbocycles. The molecule has 0 unspecified atom stereocenters. The Morgan fingerprint density at radius 2 is 1.12 bits per heavy atom. The van der Waals surface area contributed by atoms with Crippen molar-refractivity contribution in [3.8, 4) is 28.4 Å². The Balaban J connectivity index is 0.00000660. The van der Waals surface area contributed by atoms with E-state index in [1.54, 1.807) is 0 Å². The van der Waals surface area contributed by atoms with Crippen molar-refractivity contribution in [2.75, 3.05) is 4.90 Å². The number of pyridine rings is 1.